The number of aliphatic imine (C=N–C) groups is 1. The normalized spacial score (nSPS) is 14.4. The van der Waals surface area contributed by atoms with E-state index in [0.29, 0.717) is 13.2 Å². The lowest BCUT2D eigenvalue weighted by Gasteiger charge is -2.15. The van der Waals surface area contributed by atoms with Crippen LogP contribution < -0.4 is 10.1 Å². The Balaban J connectivity index is 1.84. The van der Waals surface area contributed by atoms with Gasteiger partial charge in [0.1, 0.15) is 12.4 Å². The van der Waals surface area contributed by atoms with Gasteiger partial charge in [-0.25, -0.2) is 0 Å². The minimum Gasteiger partial charge on any atom is -0.491 e. The molecule has 0 saturated carbocycles. The Morgan fingerprint density at radius 1 is 1.37 bits per heavy atom. The third kappa shape index (κ3) is 4.13. The van der Waals surface area contributed by atoms with Gasteiger partial charge in [0.25, 0.3) is 0 Å². The maximum Gasteiger partial charge on any atom is 0.194 e. The van der Waals surface area contributed by atoms with Crippen molar-refractivity contribution in [1.29, 1.82) is 0 Å². The number of likely N-dealkylation sites (N-methyl/N-ethyl adjacent to an activating group) is 1. The monoisotopic (exact) mass is 263 g/mol. The fraction of sp³-hybridized carbons (Fsp3) is 0.500. The summed E-state index contributed by atoms with van der Waals surface area (Å²) in [6, 6.07) is 8.07. The first-order valence-corrected chi connectivity index (χ1v) is 6.50. The van der Waals surface area contributed by atoms with Crippen LogP contribution in [0.2, 0.25) is 0 Å². The molecular weight excluding hydrogens is 242 g/mol. The van der Waals surface area contributed by atoms with Gasteiger partial charge in [-0.1, -0.05) is 12.1 Å². The van der Waals surface area contributed by atoms with Gasteiger partial charge >= 0.3 is 0 Å². The molecule has 104 valence electrons. The summed E-state index contributed by atoms with van der Waals surface area (Å²) >= 11 is 0. The van der Waals surface area contributed by atoms with Gasteiger partial charge in [0.15, 0.2) is 5.96 Å². The van der Waals surface area contributed by atoms with E-state index in [0.717, 1.165) is 31.3 Å². The van der Waals surface area contributed by atoms with Crippen LogP contribution in [0.5, 0.6) is 5.75 Å². The van der Waals surface area contributed by atoms with Gasteiger partial charge in [-0.3, -0.25) is 4.99 Å². The molecule has 1 aromatic rings. The van der Waals surface area contributed by atoms with Crippen molar-refractivity contribution in [3.05, 3.63) is 29.8 Å². The van der Waals surface area contributed by atoms with Gasteiger partial charge in [0.05, 0.1) is 13.2 Å². The third-order valence-corrected chi connectivity index (χ3v) is 2.96. The maximum atomic E-state index is 5.59. The quantitative estimate of drug-likeness (QED) is 0.781. The van der Waals surface area contributed by atoms with E-state index in [9.17, 15) is 0 Å². The summed E-state index contributed by atoms with van der Waals surface area (Å²) < 4.78 is 10.5. The molecule has 0 fully saturated rings. The highest BCUT2D eigenvalue weighted by molar-refractivity contribution is 5.81. The molecule has 5 heteroatoms. The minimum absolute atomic E-state index is 0.572. The van der Waals surface area contributed by atoms with E-state index in [-0.39, 0.29) is 0 Å². The van der Waals surface area contributed by atoms with Crippen LogP contribution in [0, 0.1) is 0 Å². The zero-order valence-corrected chi connectivity index (χ0v) is 11.6. The zero-order chi connectivity index (χ0) is 13.5. The van der Waals surface area contributed by atoms with Crippen molar-refractivity contribution in [3.8, 4) is 5.75 Å². The lowest BCUT2D eigenvalue weighted by Crippen LogP contribution is -2.35. The molecule has 0 saturated heterocycles. The predicted octanol–water partition coefficient (Wildman–Crippen LogP) is 1.10. The number of methoxy groups -OCH3 is 1. The number of rotatable bonds is 6. The molecule has 1 aliphatic heterocycles. The fourth-order valence-corrected chi connectivity index (χ4v) is 1.89. The molecule has 5 nitrogen and oxygen atoms in total. The second kappa shape index (κ2) is 6.99. The molecule has 0 amide bonds. The van der Waals surface area contributed by atoms with Crippen LogP contribution in [-0.4, -0.2) is 51.3 Å². The van der Waals surface area contributed by atoms with Crippen LogP contribution in [-0.2, 0) is 11.3 Å². The number of hydrogen-bond donors (Lipinski definition) is 1. The summed E-state index contributed by atoms with van der Waals surface area (Å²) in [5.41, 5.74) is 1.18. The number of nitrogens with zero attached hydrogens (tertiary/aromatic N) is 2. The summed E-state index contributed by atoms with van der Waals surface area (Å²) in [5, 5.41) is 3.34. The molecule has 0 aliphatic carbocycles. The maximum absolute atomic E-state index is 5.59. The summed E-state index contributed by atoms with van der Waals surface area (Å²) in [6.45, 7) is 3.79. The Morgan fingerprint density at radius 2 is 2.26 bits per heavy atom. The number of benzene rings is 1. The lowest BCUT2D eigenvalue weighted by atomic mass is 10.2. The second-order valence-electron chi connectivity index (χ2n) is 4.47. The van der Waals surface area contributed by atoms with Crippen molar-refractivity contribution >= 4 is 5.96 Å². The summed E-state index contributed by atoms with van der Waals surface area (Å²) in [4.78, 5) is 6.52. The molecule has 2 rings (SSSR count). The first kappa shape index (κ1) is 13.7. The van der Waals surface area contributed by atoms with E-state index in [1.165, 1.54) is 5.56 Å². The molecular formula is C14H21N3O2. The largest absolute Gasteiger partial charge is 0.491 e. The van der Waals surface area contributed by atoms with Gasteiger partial charge in [0.2, 0.25) is 0 Å². The Kier molecular flexibility index (Phi) is 5.03. The van der Waals surface area contributed by atoms with Gasteiger partial charge in [-0.15, -0.1) is 0 Å². The van der Waals surface area contributed by atoms with Crippen LogP contribution in [0.15, 0.2) is 29.3 Å². The molecule has 19 heavy (non-hydrogen) atoms. The highest BCUT2D eigenvalue weighted by atomic mass is 16.5. The molecule has 0 aromatic heterocycles. The zero-order valence-electron chi connectivity index (χ0n) is 11.6. The number of hydrogen-bond acceptors (Lipinski definition) is 5. The van der Waals surface area contributed by atoms with Crippen LogP contribution >= 0.6 is 0 Å². The van der Waals surface area contributed by atoms with Crippen molar-refractivity contribution in [2.45, 2.75) is 6.54 Å². The molecule has 1 aromatic carbocycles. The molecule has 0 spiro atoms. The fourth-order valence-electron chi connectivity index (χ4n) is 1.89. The molecule has 1 heterocycles. The molecule has 1 N–H and O–H groups in total. The number of ether oxygens (including phenoxy) is 2. The van der Waals surface area contributed by atoms with E-state index in [4.69, 9.17) is 9.47 Å². The summed E-state index contributed by atoms with van der Waals surface area (Å²) in [7, 11) is 3.71. The SMILES string of the molecule is COCCOc1cccc(CNC2=NCCN2C)c1. The Morgan fingerprint density at radius 3 is 3.00 bits per heavy atom. The van der Waals surface area contributed by atoms with Crippen molar-refractivity contribution in [2.24, 2.45) is 4.99 Å². The highest BCUT2D eigenvalue weighted by Gasteiger charge is 2.11. The molecule has 0 bridgehead atoms. The average molecular weight is 263 g/mol. The van der Waals surface area contributed by atoms with E-state index in [1.54, 1.807) is 7.11 Å². The average Bonchev–Trinajstić information content (AvgIpc) is 2.83. The predicted molar refractivity (Wildman–Crippen MR) is 75.6 cm³/mol. The molecule has 1 aliphatic rings. The van der Waals surface area contributed by atoms with Crippen LogP contribution in [0.3, 0.4) is 0 Å². The Hall–Kier alpha value is -1.75. The minimum atomic E-state index is 0.572. The van der Waals surface area contributed by atoms with E-state index < -0.39 is 0 Å². The topological polar surface area (TPSA) is 46.1 Å². The van der Waals surface area contributed by atoms with Crippen molar-refractivity contribution < 1.29 is 9.47 Å². The van der Waals surface area contributed by atoms with E-state index in [1.807, 2.05) is 25.2 Å². The molecule has 0 atom stereocenters. The lowest BCUT2D eigenvalue weighted by molar-refractivity contribution is 0.146. The molecule has 0 unspecified atom stereocenters. The van der Waals surface area contributed by atoms with E-state index >= 15 is 0 Å². The number of guanidine groups is 1. The number of nitrogens with one attached hydrogen (secondary N) is 1. The van der Waals surface area contributed by atoms with Gasteiger partial charge in [-0.05, 0) is 17.7 Å². The van der Waals surface area contributed by atoms with Crippen LogP contribution in [0.4, 0.5) is 0 Å². The summed E-state index contributed by atoms with van der Waals surface area (Å²) in [5.74, 6) is 1.84. The van der Waals surface area contributed by atoms with Gasteiger partial charge in [-0.2, -0.15) is 0 Å². The van der Waals surface area contributed by atoms with Crippen LogP contribution in [0.25, 0.3) is 0 Å². The van der Waals surface area contributed by atoms with Crippen molar-refractivity contribution in [3.63, 3.8) is 0 Å². The Labute approximate surface area is 114 Å². The second-order valence-corrected chi connectivity index (χ2v) is 4.47. The first-order valence-electron chi connectivity index (χ1n) is 6.50. The van der Waals surface area contributed by atoms with Crippen molar-refractivity contribution in [2.75, 3.05) is 40.5 Å². The Bertz CT molecular complexity index is 434. The standard InChI is InChI=1S/C14H21N3O2/c1-17-7-6-15-14(17)16-11-12-4-3-5-13(10-12)19-9-8-18-2/h3-5,10H,6-9,11H2,1-2H3,(H,15,16). The van der Waals surface area contributed by atoms with E-state index in [2.05, 4.69) is 21.3 Å². The molecule has 0 radical (unpaired) electrons. The van der Waals surface area contributed by atoms with Gasteiger partial charge < -0.3 is 19.7 Å². The summed E-state index contributed by atoms with van der Waals surface area (Å²) in [6.07, 6.45) is 0. The van der Waals surface area contributed by atoms with Crippen molar-refractivity contribution in [1.82, 2.24) is 10.2 Å². The highest BCUT2D eigenvalue weighted by Crippen LogP contribution is 2.13. The smallest absolute Gasteiger partial charge is 0.194 e. The van der Waals surface area contributed by atoms with Gasteiger partial charge in [0, 0.05) is 27.2 Å². The third-order valence-electron chi connectivity index (χ3n) is 2.96. The van der Waals surface area contributed by atoms with Crippen LogP contribution in [0.1, 0.15) is 5.56 Å². The first-order chi connectivity index (χ1) is 9.29.